The molecule has 3 nitrogen and oxygen atoms in total. The standard InChI is InChI=1S/C22H26BrNO2/c1-16-7-8-18(15-21(16)23)22(25)24-19-9-11-20(12-10-19)26-14-13-17-5-3-2-4-6-17/h7-12,15,17H,2-6,13-14H2,1H3,(H,24,25). The topological polar surface area (TPSA) is 38.3 Å². The number of hydrogen-bond acceptors (Lipinski definition) is 2. The second-order valence-corrected chi connectivity index (χ2v) is 7.94. The smallest absolute Gasteiger partial charge is 0.255 e. The molecule has 0 heterocycles. The molecule has 0 unspecified atom stereocenters. The molecule has 3 rings (SSSR count). The van der Waals surface area contributed by atoms with Crippen molar-refractivity contribution in [3.05, 3.63) is 58.1 Å². The van der Waals surface area contributed by atoms with Crippen LogP contribution in [0.3, 0.4) is 0 Å². The van der Waals surface area contributed by atoms with Crippen molar-refractivity contribution in [3.63, 3.8) is 0 Å². The van der Waals surface area contributed by atoms with Crippen LogP contribution >= 0.6 is 15.9 Å². The number of anilines is 1. The van der Waals surface area contributed by atoms with E-state index in [1.165, 1.54) is 32.1 Å². The Morgan fingerprint density at radius 1 is 1.12 bits per heavy atom. The lowest BCUT2D eigenvalue weighted by molar-refractivity contribution is 0.102. The van der Waals surface area contributed by atoms with Crippen LogP contribution in [0.15, 0.2) is 46.9 Å². The van der Waals surface area contributed by atoms with E-state index in [4.69, 9.17) is 4.74 Å². The monoisotopic (exact) mass is 415 g/mol. The third kappa shape index (κ3) is 5.34. The van der Waals surface area contributed by atoms with Gasteiger partial charge in [0.1, 0.15) is 5.75 Å². The molecule has 0 bridgehead atoms. The first-order chi connectivity index (χ1) is 12.6. The summed E-state index contributed by atoms with van der Waals surface area (Å²) in [6.07, 6.45) is 7.98. The number of halogens is 1. The zero-order chi connectivity index (χ0) is 18.4. The summed E-state index contributed by atoms with van der Waals surface area (Å²) < 4.78 is 6.80. The first-order valence-corrected chi connectivity index (χ1v) is 10.2. The molecule has 0 atom stereocenters. The van der Waals surface area contributed by atoms with Crippen LogP contribution in [0, 0.1) is 12.8 Å². The summed E-state index contributed by atoms with van der Waals surface area (Å²) in [5, 5.41) is 2.92. The van der Waals surface area contributed by atoms with Crippen molar-refractivity contribution in [2.24, 2.45) is 5.92 Å². The number of hydrogen-bond donors (Lipinski definition) is 1. The Morgan fingerprint density at radius 3 is 2.54 bits per heavy atom. The van der Waals surface area contributed by atoms with E-state index in [0.29, 0.717) is 5.56 Å². The van der Waals surface area contributed by atoms with Crippen molar-refractivity contribution in [1.29, 1.82) is 0 Å². The molecule has 2 aromatic carbocycles. The fraction of sp³-hybridized carbons (Fsp3) is 0.409. The first kappa shape index (κ1) is 19.0. The quantitative estimate of drug-likeness (QED) is 0.595. The molecule has 138 valence electrons. The maximum atomic E-state index is 12.3. The highest BCUT2D eigenvalue weighted by molar-refractivity contribution is 9.10. The molecule has 1 saturated carbocycles. The molecule has 0 radical (unpaired) electrons. The van der Waals surface area contributed by atoms with Gasteiger partial charge in [-0.2, -0.15) is 0 Å². The summed E-state index contributed by atoms with van der Waals surface area (Å²) in [5.74, 6) is 1.57. The van der Waals surface area contributed by atoms with E-state index in [-0.39, 0.29) is 5.91 Å². The van der Waals surface area contributed by atoms with Crippen molar-refractivity contribution in [3.8, 4) is 5.75 Å². The first-order valence-electron chi connectivity index (χ1n) is 9.42. The average Bonchev–Trinajstić information content (AvgIpc) is 2.66. The molecule has 0 saturated heterocycles. The number of rotatable bonds is 6. The molecule has 1 N–H and O–H groups in total. The molecule has 4 heteroatoms. The summed E-state index contributed by atoms with van der Waals surface area (Å²) in [7, 11) is 0. The van der Waals surface area contributed by atoms with Gasteiger partial charge in [-0.15, -0.1) is 0 Å². The predicted molar refractivity (Wildman–Crippen MR) is 110 cm³/mol. The number of carbonyl (C=O) groups is 1. The normalized spacial score (nSPS) is 14.8. The van der Waals surface area contributed by atoms with Crippen LogP contribution in [0.25, 0.3) is 0 Å². The van der Waals surface area contributed by atoms with Crippen LogP contribution in [-0.2, 0) is 0 Å². The molecule has 2 aromatic rings. The highest BCUT2D eigenvalue weighted by atomic mass is 79.9. The van der Waals surface area contributed by atoms with Crippen molar-refractivity contribution in [2.45, 2.75) is 45.4 Å². The molecular weight excluding hydrogens is 390 g/mol. The summed E-state index contributed by atoms with van der Waals surface area (Å²) in [4.78, 5) is 12.3. The van der Waals surface area contributed by atoms with E-state index in [0.717, 1.165) is 40.4 Å². The number of nitrogens with one attached hydrogen (secondary N) is 1. The maximum absolute atomic E-state index is 12.3. The molecule has 1 aliphatic rings. The van der Waals surface area contributed by atoms with Crippen LogP contribution < -0.4 is 10.1 Å². The summed E-state index contributed by atoms with van der Waals surface area (Å²) in [6.45, 7) is 2.77. The van der Waals surface area contributed by atoms with E-state index in [1.807, 2.05) is 49.4 Å². The SMILES string of the molecule is Cc1ccc(C(=O)Nc2ccc(OCCC3CCCCC3)cc2)cc1Br. The Morgan fingerprint density at radius 2 is 1.85 bits per heavy atom. The maximum Gasteiger partial charge on any atom is 0.255 e. The van der Waals surface area contributed by atoms with Gasteiger partial charge in [0.05, 0.1) is 6.61 Å². The van der Waals surface area contributed by atoms with E-state index in [2.05, 4.69) is 21.2 Å². The lowest BCUT2D eigenvalue weighted by Crippen LogP contribution is -2.12. The van der Waals surface area contributed by atoms with Crippen molar-refractivity contribution in [2.75, 3.05) is 11.9 Å². The number of amides is 1. The van der Waals surface area contributed by atoms with Gasteiger partial charge >= 0.3 is 0 Å². The van der Waals surface area contributed by atoms with Crippen molar-refractivity contribution >= 4 is 27.5 Å². The highest BCUT2D eigenvalue weighted by Crippen LogP contribution is 2.26. The molecule has 26 heavy (non-hydrogen) atoms. The highest BCUT2D eigenvalue weighted by Gasteiger charge is 2.13. The Kier molecular flexibility index (Phi) is 6.73. The Bertz CT molecular complexity index is 736. The van der Waals surface area contributed by atoms with Crippen LogP contribution in [0.1, 0.15) is 54.4 Å². The summed E-state index contributed by atoms with van der Waals surface area (Å²) in [6, 6.07) is 13.2. The molecule has 0 aromatic heterocycles. The van der Waals surface area contributed by atoms with Crippen molar-refractivity contribution < 1.29 is 9.53 Å². The Labute approximate surface area is 164 Å². The van der Waals surface area contributed by atoms with E-state index >= 15 is 0 Å². The van der Waals surface area contributed by atoms with Gasteiger partial charge in [0.15, 0.2) is 0 Å². The lowest BCUT2D eigenvalue weighted by atomic mass is 9.87. The van der Waals surface area contributed by atoms with E-state index in [9.17, 15) is 4.79 Å². The number of aryl methyl sites for hydroxylation is 1. The van der Waals surface area contributed by atoms with Gasteiger partial charge in [0.25, 0.3) is 5.91 Å². The lowest BCUT2D eigenvalue weighted by Gasteiger charge is -2.21. The van der Waals surface area contributed by atoms with Crippen LogP contribution in [0.2, 0.25) is 0 Å². The zero-order valence-electron chi connectivity index (χ0n) is 15.3. The van der Waals surface area contributed by atoms with Crippen LogP contribution in [0.4, 0.5) is 5.69 Å². The molecule has 1 amide bonds. The second kappa shape index (κ2) is 9.22. The zero-order valence-corrected chi connectivity index (χ0v) is 16.8. The molecule has 1 aliphatic carbocycles. The minimum Gasteiger partial charge on any atom is -0.494 e. The Balaban J connectivity index is 1.49. The van der Waals surface area contributed by atoms with Gasteiger partial charge < -0.3 is 10.1 Å². The molecule has 1 fully saturated rings. The molecular formula is C22H26BrNO2. The summed E-state index contributed by atoms with van der Waals surface area (Å²) in [5.41, 5.74) is 2.51. The minimum absolute atomic E-state index is 0.114. The van der Waals surface area contributed by atoms with Gasteiger partial charge in [-0.05, 0) is 61.2 Å². The van der Waals surface area contributed by atoms with Gasteiger partial charge in [-0.25, -0.2) is 0 Å². The number of benzene rings is 2. The van der Waals surface area contributed by atoms with E-state index < -0.39 is 0 Å². The molecule has 0 aliphatic heterocycles. The predicted octanol–water partition coefficient (Wildman–Crippen LogP) is 6.36. The largest absolute Gasteiger partial charge is 0.494 e. The fourth-order valence-corrected chi connectivity index (χ4v) is 3.77. The van der Waals surface area contributed by atoms with Crippen LogP contribution in [-0.4, -0.2) is 12.5 Å². The fourth-order valence-electron chi connectivity index (χ4n) is 3.39. The Hall–Kier alpha value is -1.81. The third-order valence-electron chi connectivity index (χ3n) is 5.07. The summed E-state index contributed by atoms with van der Waals surface area (Å²) >= 11 is 3.47. The average molecular weight is 416 g/mol. The molecule has 0 spiro atoms. The van der Waals surface area contributed by atoms with Gasteiger partial charge in [-0.1, -0.05) is 54.1 Å². The van der Waals surface area contributed by atoms with Gasteiger partial charge in [0, 0.05) is 15.7 Å². The van der Waals surface area contributed by atoms with Gasteiger partial charge in [-0.3, -0.25) is 4.79 Å². The number of ether oxygens (including phenoxy) is 1. The van der Waals surface area contributed by atoms with Crippen molar-refractivity contribution in [1.82, 2.24) is 0 Å². The van der Waals surface area contributed by atoms with Gasteiger partial charge in [0.2, 0.25) is 0 Å². The number of carbonyl (C=O) groups excluding carboxylic acids is 1. The minimum atomic E-state index is -0.114. The van der Waals surface area contributed by atoms with E-state index in [1.54, 1.807) is 0 Å². The second-order valence-electron chi connectivity index (χ2n) is 7.08. The third-order valence-corrected chi connectivity index (χ3v) is 5.92. The van der Waals surface area contributed by atoms with Crippen LogP contribution in [0.5, 0.6) is 5.75 Å².